The van der Waals surface area contributed by atoms with Gasteiger partial charge in [-0.3, -0.25) is 4.90 Å². The van der Waals surface area contributed by atoms with E-state index in [-0.39, 0.29) is 0 Å². The Morgan fingerprint density at radius 1 is 0.955 bits per heavy atom. The van der Waals surface area contributed by atoms with Gasteiger partial charge in [0, 0.05) is 30.8 Å². The first-order chi connectivity index (χ1) is 10.8. The Hall–Kier alpha value is -2.26. The van der Waals surface area contributed by atoms with Crippen molar-refractivity contribution in [3.05, 3.63) is 65.4 Å². The number of fused-ring (bicyclic) bond motifs is 2. The van der Waals surface area contributed by atoms with E-state index in [1.807, 2.05) is 6.07 Å². The van der Waals surface area contributed by atoms with Crippen LogP contribution >= 0.6 is 0 Å². The van der Waals surface area contributed by atoms with Crippen LogP contribution < -0.4 is 0 Å². The third kappa shape index (κ3) is 2.60. The molecule has 0 unspecified atom stereocenters. The number of aromatic amines is 1. The predicted molar refractivity (Wildman–Crippen MR) is 89.1 cm³/mol. The smallest absolute Gasteiger partial charge is 0.115 e. The van der Waals surface area contributed by atoms with Crippen molar-refractivity contribution in [2.45, 2.75) is 19.4 Å². The van der Waals surface area contributed by atoms with E-state index >= 15 is 0 Å². The number of benzene rings is 2. The fourth-order valence-electron chi connectivity index (χ4n) is 3.38. The first-order valence-electron chi connectivity index (χ1n) is 7.88. The van der Waals surface area contributed by atoms with Crippen molar-refractivity contribution in [1.82, 2.24) is 9.88 Å². The summed E-state index contributed by atoms with van der Waals surface area (Å²) in [7, 11) is 0. The number of nitrogens with zero attached hydrogens (tertiary/aromatic N) is 1. The zero-order valence-corrected chi connectivity index (χ0v) is 12.5. The molecular weight excluding hydrogens is 272 g/mol. The van der Waals surface area contributed by atoms with Crippen LogP contribution in [0.25, 0.3) is 10.9 Å². The summed E-state index contributed by atoms with van der Waals surface area (Å²) in [6.45, 7) is 3.05. The van der Waals surface area contributed by atoms with E-state index in [9.17, 15) is 5.11 Å². The van der Waals surface area contributed by atoms with Gasteiger partial charge in [-0.2, -0.15) is 0 Å². The molecule has 1 aromatic heterocycles. The molecule has 3 aromatic rings. The van der Waals surface area contributed by atoms with Gasteiger partial charge in [-0.1, -0.05) is 24.3 Å². The van der Waals surface area contributed by atoms with Gasteiger partial charge in [-0.05, 0) is 53.6 Å². The second-order valence-electron chi connectivity index (χ2n) is 6.11. The Bertz CT molecular complexity index is 773. The maximum Gasteiger partial charge on any atom is 0.115 e. The van der Waals surface area contributed by atoms with Crippen LogP contribution in [0.4, 0.5) is 0 Å². The molecule has 0 amide bonds. The van der Waals surface area contributed by atoms with Crippen molar-refractivity contribution < 1.29 is 5.11 Å². The van der Waals surface area contributed by atoms with E-state index in [1.54, 1.807) is 6.07 Å². The summed E-state index contributed by atoms with van der Waals surface area (Å²) < 4.78 is 0. The molecule has 0 saturated heterocycles. The molecule has 22 heavy (non-hydrogen) atoms. The van der Waals surface area contributed by atoms with Gasteiger partial charge in [0.25, 0.3) is 0 Å². The number of hydrogen-bond donors (Lipinski definition) is 2. The maximum absolute atomic E-state index is 9.64. The second kappa shape index (κ2) is 5.50. The van der Waals surface area contributed by atoms with Gasteiger partial charge in [-0.15, -0.1) is 0 Å². The average molecular weight is 292 g/mol. The van der Waals surface area contributed by atoms with Crippen molar-refractivity contribution in [1.29, 1.82) is 0 Å². The molecule has 1 aliphatic rings. The average Bonchev–Trinajstić information content (AvgIpc) is 2.83. The molecule has 3 heteroatoms. The van der Waals surface area contributed by atoms with E-state index in [0.717, 1.165) is 32.5 Å². The van der Waals surface area contributed by atoms with Crippen LogP contribution in [-0.4, -0.2) is 28.1 Å². The first-order valence-corrected chi connectivity index (χ1v) is 7.88. The Labute approximate surface area is 130 Å². The Morgan fingerprint density at radius 2 is 1.77 bits per heavy atom. The van der Waals surface area contributed by atoms with E-state index < -0.39 is 0 Å². The fraction of sp³-hybridized carbons (Fsp3) is 0.263. The van der Waals surface area contributed by atoms with Crippen LogP contribution in [-0.2, 0) is 19.4 Å². The summed E-state index contributed by atoms with van der Waals surface area (Å²) in [6, 6.07) is 16.5. The zero-order chi connectivity index (χ0) is 14.9. The summed E-state index contributed by atoms with van der Waals surface area (Å²) in [5.41, 5.74) is 5.15. The number of nitrogens with one attached hydrogen (secondary N) is 1. The highest BCUT2D eigenvalue weighted by molar-refractivity contribution is 5.80. The number of para-hydroxylation sites is 1. The monoisotopic (exact) mass is 292 g/mol. The Balaban J connectivity index is 1.50. The molecule has 0 saturated carbocycles. The van der Waals surface area contributed by atoms with Crippen LogP contribution in [0, 0.1) is 0 Å². The molecule has 2 N–H and O–H groups in total. The quantitative estimate of drug-likeness (QED) is 0.759. The molecule has 0 radical (unpaired) electrons. The Morgan fingerprint density at radius 3 is 2.64 bits per heavy atom. The molecule has 0 atom stereocenters. The lowest BCUT2D eigenvalue weighted by Gasteiger charge is -2.18. The molecule has 112 valence electrons. The molecule has 0 fully saturated rings. The Kier molecular flexibility index (Phi) is 3.35. The molecule has 0 bridgehead atoms. The highest BCUT2D eigenvalue weighted by atomic mass is 16.3. The number of phenolic OH excluding ortho intramolecular Hbond substituents is 1. The lowest BCUT2D eigenvalue weighted by molar-refractivity contribution is 0.276. The number of hydrogen-bond acceptors (Lipinski definition) is 2. The summed E-state index contributed by atoms with van der Waals surface area (Å²) >= 11 is 0. The lowest BCUT2D eigenvalue weighted by atomic mass is 10.0. The molecule has 3 nitrogen and oxygen atoms in total. The predicted octanol–water partition coefficient (Wildman–Crippen LogP) is 3.47. The molecular formula is C19H20N2O. The van der Waals surface area contributed by atoms with E-state index in [2.05, 4.69) is 46.3 Å². The van der Waals surface area contributed by atoms with Crippen molar-refractivity contribution in [3.63, 3.8) is 0 Å². The third-order valence-electron chi connectivity index (χ3n) is 4.56. The number of aromatic hydroxyl groups is 1. The summed E-state index contributed by atoms with van der Waals surface area (Å²) in [5.74, 6) is 0.378. The van der Waals surface area contributed by atoms with Crippen molar-refractivity contribution in [3.8, 4) is 5.75 Å². The van der Waals surface area contributed by atoms with Crippen molar-refractivity contribution in [2.75, 3.05) is 13.1 Å². The SMILES string of the molecule is Oc1ccc2c(c1)CCN(Cc1cc3ccccc3[nH]1)CC2. The summed E-state index contributed by atoms with van der Waals surface area (Å²) in [5, 5.41) is 10.9. The normalized spacial score (nSPS) is 15.6. The van der Waals surface area contributed by atoms with Gasteiger partial charge >= 0.3 is 0 Å². The number of aromatic nitrogens is 1. The second-order valence-corrected chi connectivity index (χ2v) is 6.11. The number of H-pyrrole nitrogens is 1. The van der Waals surface area contributed by atoms with Crippen LogP contribution in [0.3, 0.4) is 0 Å². The highest BCUT2D eigenvalue weighted by Crippen LogP contribution is 2.22. The van der Waals surface area contributed by atoms with E-state index in [0.29, 0.717) is 5.75 Å². The van der Waals surface area contributed by atoms with Crippen LogP contribution in [0.15, 0.2) is 48.5 Å². The van der Waals surface area contributed by atoms with Crippen molar-refractivity contribution >= 4 is 10.9 Å². The number of phenols is 1. The van der Waals surface area contributed by atoms with Gasteiger partial charge < -0.3 is 10.1 Å². The molecule has 1 aliphatic heterocycles. The lowest BCUT2D eigenvalue weighted by Crippen LogP contribution is -2.26. The van der Waals surface area contributed by atoms with Gasteiger partial charge in [0.1, 0.15) is 5.75 Å². The molecule has 4 rings (SSSR count). The minimum atomic E-state index is 0.378. The number of rotatable bonds is 2. The molecule has 2 heterocycles. The molecule has 0 spiro atoms. The van der Waals surface area contributed by atoms with Gasteiger partial charge in [-0.25, -0.2) is 0 Å². The van der Waals surface area contributed by atoms with Crippen LogP contribution in [0.5, 0.6) is 5.75 Å². The largest absolute Gasteiger partial charge is 0.508 e. The van der Waals surface area contributed by atoms with Crippen LogP contribution in [0.2, 0.25) is 0 Å². The summed E-state index contributed by atoms with van der Waals surface area (Å²) in [6.07, 6.45) is 2.06. The first kappa shape index (κ1) is 13.4. The topological polar surface area (TPSA) is 39.3 Å². The van der Waals surface area contributed by atoms with Gasteiger partial charge in [0.15, 0.2) is 0 Å². The standard InChI is InChI=1S/C19H20N2O/c22-18-6-5-14-7-9-21(10-8-15(14)12-18)13-17-11-16-3-1-2-4-19(16)20-17/h1-6,11-12,20,22H,7-10,13H2. The van der Waals surface area contributed by atoms with E-state index in [4.69, 9.17) is 0 Å². The zero-order valence-electron chi connectivity index (χ0n) is 12.5. The van der Waals surface area contributed by atoms with Gasteiger partial charge in [0.2, 0.25) is 0 Å². The highest BCUT2D eigenvalue weighted by Gasteiger charge is 2.15. The minimum Gasteiger partial charge on any atom is -0.508 e. The maximum atomic E-state index is 9.64. The van der Waals surface area contributed by atoms with Crippen LogP contribution in [0.1, 0.15) is 16.8 Å². The fourth-order valence-corrected chi connectivity index (χ4v) is 3.38. The van der Waals surface area contributed by atoms with Gasteiger partial charge in [0.05, 0.1) is 0 Å². The molecule has 2 aromatic carbocycles. The third-order valence-corrected chi connectivity index (χ3v) is 4.56. The summed E-state index contributed by atoms with van der Waals surface area (Å²) in [4.78, 5) is 6.00. The van der Waals surface area contributed by atoms with E-state index in [1.165, 1.54) is 27.7 Å². The minimum absolute atomic E-state index is 0.378. The molecule has 0 aliphatic carbocycles. The van der Waals surface area contributed by atoms with Crippen molar-refractivity contribution in [2.24, 2.45) is 0 Å².